The Morgan fingerprint density at radius 2 is 1.63 bits per heavy atom. The smallest absolute Gasteiger partial charge is 0.276 e. The summed E-state index contributed by atoms with van der Waals surface area (Å²) in [5, 5.41) is 4.56. The zero-order valence-electron chi connectivity index (χ0n) is 19.8. The van der Waals surface area contributed by atoms with Crippen LogP contribution in [-0.2, 0) is 6.54 Å². The van der Waals surface area contributed by atoms with Gasteiger partial charge in [0.05, 0.1) is 33.6 Å². The molecule has 0 aliphatic carbocycles. The van der Waals surface area contributed by atoms with Gasteiger partial charge in [-0.2, -0.15) is 5.10 Å². The molecule has 3 aromatic heterocycles. The van der Waals surface area contributed by atoms with Crippen molar-refractivity contribution in [1.82, 2.24) is 19.2 Å². The van der Waals surface area contributed by atoms with E-state index in [2.05, 4.69) is 10.1 Å². The summed E-state index contributed by atoms with van der Waals surface area (Å²) in [5.41, 5.74) is 3.25. The van der Waals surface area contributed by atoms with E-state index in [1.54, 1.807) is 48.9 Å². The van der Waals surface area contributed by atoms with E-state index >= 15 is 0 Å². The molecule has 0 saturated heterocycles. The van der Waals surface area contributed by atoms with Gasteiger partial charge in [-0.05, 0) is 55.5 Å². The summed E-state index contributed by atoms with van der Waals surface area (Å²) in [6, 6.07) is 14.7. The topological polar surface area (TPSA) is 93.0 Å². The Balaban J connectivity index is 1.46. The molecule has 0 saturated carbocycles. The van der Waals surface area contributed by atoms with Crippen LogP contribution in [0.2, 0.25) is 0 Å². The lowest BCUT2D eigenvalue weighted by Crippen LogP contribution is -2.22. The standard InChI is InChI=1S/C26H24N4O5/c1-16-21(27-25(35-16)17-5-8-19(32-2)9-6-17)15-29-11-12-30-22(26(29)31)14-20(28-30)18-7-10-23(33-3)24(13-18)34-4/h5-14H,15H2,1-4H3. The van der Waals surface area contributed by atoms with E-state index in [1.165, 1.54) is 0 Å². The normalized spacial score (nSPS) is 11.1. The van der Waals surface area contributed by atoms with Crippen molar-refractivity contribution >= 4 is 5.52 Å². The molecule has 5 rings (SSSR count). The maximum atomic E-state index is 13.2. The fourth-order valence-corrected chi connectivity index (χ4v) is 3.88. The number of rotatable bonds is 7. The van der Waals surface area contributed by atoms with Crippen molar-refractivity contribution in [3.63, 3.8) is 0 Å². The van der Waals surface area contributed by atoms with Crippen molar-refractivity contribution in [2.75, 3.05) is 21.3 Å². The Labute approximate surface area is 201 Å². The highest BCUT2D eigenvalue weighted by Crippen LogP contribution is 2.32. The van der Waals surface area contributed by atoms with Gasteiger partial charge in [0.1, 0.15) is 22.7 Å². The number of aromatic nitrogens is 4. The van der Waals surface area contributed by atoms with Crippen LogP contribution in [-0.4, -0.2) is 40.5 Å². The van der Waals surface area contributed by atoms with Gasteiger partial charge in [-0.3, -0.25) is 4.79 Å². The first-order valence-corrected chi connectivity index (χ1v) is 10.9. The monoisotopic (exact) mass is 472 g/mol. The summed E-state index contributed by atoms with van der Waals surface area (Å²) in [4.78, 5) is 17.9. The molecule has 0 radical (unpaired) electrons. The van der Waals surface area contributed by atoms with E-state index in [4.69, 9.17) is 18.6 Å². The van der Waals surface area contributed by atoms with Crippen molar-refractivity contribution in [1.29, 1.82) is 0 Å². The Morgan fingerprint density at radius 1 is 0.886 bits per heavy atom. The summed E-state index contributed by atoms with van der Waals surface area (Å²) in [6.07, 6.45) is 3.45. The van der Waals surface area contributed by atoms with Crippen LogP contribution in [0.4, 0.5) is 0 Å². The van der Waals surface area contributed by atoms with Gasteiger partial charge >= 0.3 is 0 Å². The van der Waals surface area contributed by atoms with Gasteiger partial charge in [-0.15, -0.1) is 0 Å². The molecule has 0 amide bonds. The maximum Gasteiger partial charge on any atom is 0.276 e. The molecule has 0 aliphatic rings. The molecule has 9 heteroatoms. The van der Waals surface area contributed by atoms with E-state index in [0.717, 1.165) is 16.9 Å². The molecule has 0 atom stereocenters. The molecule has 2 aromatic carbocycles. The van der Waals surface area contributed by atoms with E-state index in [-0.39, 0.29) is 12.1 Å². The first-order valence-electron chi connectivity index (χ1n) is 10.9. The van der Waals surface area contributed by atoms with Crippen molar-refractivity contribution in [3.05, 3.63) is 82.7 Å². The second-order valence-corrected chi connectivity index (χ2v) is 7.91. The average molecular weight is 473 g/mol. The van der Waals surface area contributed by atoms with Crippen LogP contribution < -0.4 is 19.8 Å². The van der Waals surface area contributed by atoms with Gasteiger partial charge in [0.15, 0.2) is 11.5 Å². The zero-order valence-corrected chi connectivity index (χ0v) is 19.8. The second-order valence-electron chi connectivity index (χ2n) is 7.91. The predicted molar refractivity (Wildman–Crippen MR) is 130 cm³/mol. The lowest BCUT2D eigenvalue weighted by atomic mass is 10.1. The fourth-order valence-electron chi connectivity index (χ4n) is 3.88. The molecule has 0 fully saturated rings. The first-order chi connectivity index (χ1) is 17.0. The van der Waals surface area contributed by atoms with Crippen LogP contribution in [0, 0.1) is 6.92 Å². The first kappa shape index (κ1) is 22.3. The molecule has 0 N–H and O–H groups in total. The number of hydrogen-bond acceptors (Lipinski definition) is 7. The Kier molecular flexibility index (Phi) is 5.74. The highest BCUT2D eigenvalue weighted by Gasteiger charge is 2.15. The molecule has 0 unspecified atom stereocenters. The lowest BCUT2D eigenvalue weighted by Gasteiger charge is -2.08. The van der Waals surface area contributed by atoms with Crippen LogP contribution in [0.15, 0.2) is 70.1 Å². The van der Waals surface area contributed by atoms with Gasteiger partial charge in [-0.1, -0.05) is 0 Å². The molecule has 35 heavy (non-hydrogen) atoms. The van der Waals surface area contributed by atoms with Crippen molar-refractivity contribution < 1.29 is 18.6 Å². The molecule has 0 spiro atoms. The highest BCUT2D eigenvalue weighted by molar-refractivity contribution is 5.68. The Hall–Kier alpha value is -4.53. The number of fused-ring (bicyclic) bond motifs is 1. The van der Waals surface area contributed by atoms with Crippen LogP contribution in [0.5, 0.6) is 17.2 Å². The summed E-state index contributed by atoms with van der Waals surface area (Å²) >= 11 is 0. The van der Waals surface area contributed by atoms with Gasteiger partial charge in [0.25, 0.3) is 5.56 Å². The third-order valence-corrected chi connectivity index (χ3v) is 5.83. The molecule has 3 heterocycles. The predicted octanol–water partition coefficient (Wildman–Crippen LogP) is 4.20. The summed E-state index contributed by atoms with van der Waals surface area (Å²) in [7, 11) is 4.78. The Bertz CT molecular complexity index is 1560. The Morgan fingerprint density at radius 3 is 2.34 bits per heavy atom. The summed E-state index contributed by atoms with van der Waals surface area (Å²) < 4.78 is 24.9. The number of aryl methyl sites for hydroxylation is 1. The summed E-state index contributed by atoms with van der Waals surface area (Å²) in [5.74, 6) is 3.12. The number of hydrogen-bond donors (Lipinski definition) is 0. The zero-order chi connectivity index (χ0) is 24.5. The molecule has 9 nitrogen and oxygen atoms in total. The number of nitrogens with zero attached hydrogens (tertiary/aromatic N) is 4. The number of oxazole rings is 1. The van der Waals surface area contributed by atoms with Crippen LogP contribution in [0.25, 0.3) is 28.2 Å². The van der Waals surface area contributed by atoms with Gasteiger partial charge in [0, 0.05) is 23.5 Å². The van der Waals surface area contributed by atoms with Gasteiger partial charge in [-0.25, -0.2) is 9.50 Å². The van der Waals surface area contributed by atoms with Crippen LogP contribution >= 0.6 is 0 Å². The van der Waals surface area contributed by atoms with Crippen molar-refractivity contribution in [2.24, 2.45) is 0 Å². The number of benzene rings is 2. The van der Waals surface area contributed by atoms with E-state index < -0.39 is 0 Å². The van der Waals surface area contributed by atoms with E-state index in [9.17, 15) is 4.79 Å². The minimum Gasteiger partial charge on any atom is -0.497 e. The minimum atomic E-state index is -0.180. The summed E-state index contributed by atoms with van der Waals surface area (Å²) in [6.45, 7) is 2.12. The van der Waals surface area contributed by atoms with E-state index in [0.29, 0.717) is 40.1 Å². The third kappa shape index (κ3) is 4.12. The largest absolute Gasteiger partial charge is 0.497 e. The van der Waals surface area contributed by atoms with Crippen molar-refractivity contribution in [3.8, 4) is 40.0 Å². The van der Waals surface area contributed by atoms with Gasteiger partial charge < -0.3 is 23.2 Å². The van der Waals surface area contributed by atoms with E-state index in [1.807, 2.05) is 49.4 Å². The maximum absolute atomic E-state index is 13.2. The van der Waals surface area contributed by atoms with Crippen LogP contribution in [0.3, 0.4) is 0 Å². The van der Waals surface area contributed by atoms with Gasteiger partial charge in [0.2, 0.25) is 5.89 Å². The molecule has 0 aliphatic heterocycles. The highest BCUT2D eigenvalue weighted by atomic mass is 16.5. The molecule has 0 bridgehead atoms. The third-order valence-electron chi connectivity index (χ3n) is 5.83. The molecule has 178 valence electrons. The van der Waals surface area contributed by atoms with Crippen molar-refractivity contribution in [2.45, 2.75) is 13.5 Å². The quantitative estimate of drug-likeness (QED) is 0.350. The second kappa shape index (κ2) is 9.02. The molecule has 5 aromatic rings. The molecular weight excluding hydrogens is 448 g/mol. The average Bonchev–Trinajstić information content (AvgIpc) is 3.49. The van der Waals surface area contributed by atoms with Crippen LogP contribution in [0.1, 0.15) is 11.5 Å². The molecular formula is C26H24N4O5. The minimum absolute atomic E-state index is 0.180. The lowest BCUT2D eigenvalue weighted by molar-refractivity contribution is 0.355. The number of ether oxygens (including phenoxy) is 3. The fraction of sp³-hybridized carbons (Fsp3) is 0.192. The number of methoxy groups -OCH3 is 3. The SMILES string of the molecule is COc1ccc(-c2nc(Cn3ccn4nc(-c5ccc(OC)c(OC)c5)cc4c3=O)c(C)o2)cc1.